The highest BCUT2D eigenvalue weighted by Crippen LogP contribution is 2.66. The number of aliphatic hydroxyl groups excluding tert-OH is 1. The number of rotatable bonds is 8. The van der Waals surface area contributed by atoms with Crippen LogP contribution in [-0.4, -0.2) is 56.9 Å². The molecule has 2 aromatic rings. The molecule has 178 valence electrons. The number of H-pyrrole nitrogens is 1. The molecule has 5 atom stereocenters. The van der Waals surface area contributed by atoms with Gasteiger partial charge in [-0.05, 0) is 12.0 Å². The maximum absolute atomic E-state index is 11.9. The summed E-state index contributed by atoms with van der Waals surface area (Å²) in [5.74, 6) is -1.15. The molecule has 3 rings (SSSR count). The molecule has 17 nitrogen and oxygen atoms in total. The molecule has 0 aliphatic heterocycles. The number of anilines is 1. The normalized spacial score (nSPS) is 25.7. The van der Waals surface area contributed by atoms with Crippen LogP contribution in [-0.2, 0) is 26.8 Å². The highest BCUT2D eigenvalue weighted by Gasteiger charge is 2.43. The lowest BCUT2D eigenvalue weighted by Gasteiger charge is -2.20. The van der Waals surface area contributed by atoms with Gasteiger partial charge in [-0.3, -0.25) is 14.3 Å². The molecule has 1 saturated carbocycles. The first-order valence-corrected chi connectivity index (χ1v) is 13.0. The zero-order valence-corrected chi connectivity index (χ0v) is 18.5. The second-order valence-corrected chi connectivity index (χ2v) is 11.1. The van der Waals surface area contributed by atoms with Gasteiger partial charge < -0.3 is 35.0 Å². The van der Waals surface area contributed by atoms with Crippen LogP contribution >= 0.6 is 23.5 Å². The van der Waals surface area contributed by atoms with Gasteiger partial charge in [0.15, 0.2) is 11.2 Å². The SMILES string of the molecule is C=C1C(COP(=O)(O)OP(=O)(O)OP(=O)(O)O)C(O)CC1n1cnc2c(=O)[nH]c(N)nc21. The van der Waals surface area contributed by atoms with Crippen molar-refractivity contribution < 1.29 is 51.5 Å². The minimum atomic E-state index is -5.67. The van der Waals surface area contributed by atoms with E-state index < -0.39 is 53.7 Å². The van der Waals surface area contributed by atoms with Gasteiger partial charge >= 0.3 is 23.5 Å². The monoisotopic (exact) mass is 517 g/mol. The Morgan fingerprint density at radius 2 is 1.88 bits per heavy atom. The molecular formula is C12H18N5O12P3. The van der Waals surface area contributed by atoms with Gasteiger partial charge in [-0.15, -0.1) is 0 Å². The maximum Gasteiger partial charge on any atom is 0.490 e. The number of nitrogens with one attached hydrogen (secondary N) is 1. The Kier molecular flexibility index (Phi) is 6.66. The van der Waals surface area contributed by atoms with Crippen molar-refractivity contribution in [3.8, 4) is 0 Å². The Morgan fingerprint density at radius 3 is 2.50 bits per heavy atom. The Labute approximate surface area is 178 Å². The molecule has 32 heavy (non-hydrogen) atoms. The number of nitrogens with zero attached hydrogens (tertiary/aromatic N) is 3. The lowest BCUT2D eigenvalue weighted by molar-refractivity contribution is 0.0933. The summed E-state index contributed by atoms with van der Waals surface area (Å²) in [4.78, 5) is 58.0. The van der Waals surface area contributed by atoms with Crippen molar-refractivity contribution >= 4 is 40.6 Å². The molecule has 0 radical (unpaired) electrons. The summed E-state index contributed by atoms with van der Waals surface area (Å²) >= 11 is 0. The Hall–Kier alpha value is -1.74. The minimum Gasteiger partial charge on any atom is -0.392 e. The highest BCUT2D eigenvalue weighted by atomic mass is 31.3. The quantitative estimate of drug-likeness (QED) is 0.172. The van der Waals surface area contributed by atoms with Crippen LogP contribution in [0.15, 0.2) is 23.3 Å². The molecule has 8 N–H and O–H groups in total. The van der Waals surface area contributed by atoms with Crippen molar-refractivity contribution in [2.45, 2.75) is 18.6 Å². The second kappa shape index (κ2) is 8.56. The van der Waals surface area contributed by atoms with Gasteiger partial charge in [0.2, 0.25) is 5.95 Å². The van der Waals surface area contributed by atoms with Crippen LogP contribution in [0, 0.1) is 5.92 Å². The Bertz CT molecular complexity index is 1250. The molecule has 2 aromatic heterocycles. The summed E-state index contributed by atoms with van der Waals surface area (Å²) in [6, 6.07) is -0.668. The number of nitrogens with two attached hydrogens (primary N) is 1. The van der Waals surface area contributed by atoms with Crippen LogP contribution in [0.4, 0.5) is 5.95 Å². The van der Waals surface area contributed by atoms with Gasteiger partial charge in [0.25, 0.3) is 5.56 Å². The lowest BCUT2D eigenvalue weighted by atomic mass is 10.0. The van der Waals surface area contributed by atoms with Crippen LogP contribution in [0.1, 0.15) is 12.5 Å². The third-order valence-corrected chi connectivity index (χ3v) is 8.26. The van der Waals surface area contributed by atoms with Crippen molar-refractivity contribution in [1.29, 1.82) is 0 Å². The average Bonchev–Trinajstić information content (AvgIpc) is 3.11. The van der Waals surface area contributed by atoms with Crippen molar-refractivity contribution in [3.63, 3.8) is 0 Å². The molecule has 1 fully saturated rings. The zero-order valence-electron chi connectivity index (χ0n) is 15.8. The number of aromatic amines is 1. The highest BCUT2D eigenvalue weighted by molar-refractivity contribution is 7.66. The molecule has 1 aliphatic rings. The number of phosphoric ester groups is 1. The molecule has 0 amide bonds. The minimum absolute atomic E-state index is 0.0156. The number of imidazole rings is 1. The van der Waals surface area contributed by atoms with E-state index in [1.165, 1.54) is 10.9 Å². The van der Waals surface area contributed by atoms with E-state index in [2.05, 4.69) is 34.7 Å². The fourth-order valence-corrected chi connectivity index (χ4v) is 6.24. The smallest absolute Gasteiger partial charge is 0.392 e. The summed E-state index contributed by atoms with van der Waals surface area (Å²) in [5.41, 5.74) is 5.33. The fraction of sp³-hybridized carbons (Fsp3) is 0.417. The van der Waals surface area contributed by atoms with E-state index in [0.29, 0.717) is 0 Å². The molecule has 0 spiro atoms. The van der Waals surface area contributed by atoms with E-state index in [1.54, 1.807) is 0 Å². The average molecular weight is 517 g/mol. The van der Waals surface area contributed by atoms with Gasteiger partial charge in [-0.1, -0.05) is 6.58 Å². The fourth-order valence-electron chi connectivity index (χ4n) is 3.20. The molecule has 0 saturated heterocycles. The van der Waals surface area contributed by atoms with Gasteiger partial charge in [-0.2, -0.15) is 13.6 Å². The summed E-state index contributed by atoms with van der Waals surface area (Å²) < 4.78 is 47.2. The number of nitrogen functional groups attached to an aromatic ring is 1. The van der Waals surface area contributed by atoms with Crippen LogP contribution in [0.3, 0.4) is 0 Å². The summed E-state index contributed by atoms with van der Waals surface area (Å²) in [7, 11) is -16.6. The first kappa shape index (κ1) is 24.9. The number of aromatic nitrogens is 4. The molecule has 0 aromatic carbocycles. The topological polar surface area (TPSA) is 270 Å². The number of fused-ring (bicyclic) bond motifs is 1. The van der Waals surface area contributed by atoms with Gasteiger partial charge in [0.1, 0.15) is 0 Å². The Morgan fingerprint density at radius 1 is 1.22 bits per heavy atom. The van der Waals surface area contributed by atoms with Crippen LogP contribution < -0.4 is 11.3 Å². The van der Waals surface area contributed by atoms with E-state index >= 15 is 0 Å². The third kappa shape index (κ3) is 5.60. The number of hydrogen-bond donors (Lipinski definition) is 7. The maximum atomic E-state index is 11.9. The molecule has 5 unspecified atom stereocenters. The predicted molar refractivity (Wildman–Crippen MR) is 105 cm³/mol. The van der Waals surface area contributed by atoms with Crippen molar-refractivity contribution in [2.24, 2.45) is 5.92 Å². The van der Waals surface area contributed by atoms with Gasteiger partial charge in [0.05, 0.1) is 25.1 Å². The van der Waals surface area contributed by atoms with Crippen molar-refractivity contribution in [3.05, 3.63) is 28.8 Å². The number of hydrogen-bond acceptors (Lipinski definition) is 11. The van der Waals surface area contributed by atoms with Gasteiger partial charge in [0, 0.05) is 5.92 Å². The van der Waals surface area contributed by atoms with E-state index in [0.717, 1.165) is 0 Å². The van der Waals surface area contributed by atoms with E-state index in [1.807, 2.05) is 0 Å². The van der Waals surface area contributed by atoms with Crippen LogP contribution in [0.2, 0.25) is 0 Å². The summed E-state index contributed by atoms with van der Waals surface area (Å²) in [6.45, 7) is 3.09. The first-order valence-electron chi connectivity index (χ1n) is 8.46. The third-order valence-electron chi connectivity index (χ3n) is 4.45. The molecule has 0 bridgehead atoms. The summed E-state index contributed by atoms with van der Waals surface area (Å²) in [6.07, 6.45) is 0.125. The zero-order chi connectivity index (χ0) is 24.1. The molecular weight excluding hydrogens is 499 g/mol. The largest absolute Gasteiger partial charge is 0.490 e. The molecule has 1 aliphatic carbocycles. The Balaban J connectivity index is 1.74. The number of phosphoric acid groups is 3. The second-order valence-electron chi connectivity index (χ2n) is 6.66. The standard InChI is InChI=1S/C12H18N5O12P3/c1-5-6(3-27-31(23,24)29-32(25,26)28-30(20,21)22)8(18)2-7(5)17-4-14-9-10(17)15-12(13)16-11(9)19/h4,6-8,18H,1-3H2,(H,23,24)(H,25,26)(H2,20,21,22)(H3,13,15,16,19). The van der Waals surface area contributed by atoms with Crippen LogP contribution in [0.25, 0.3) is 11.2 Å². The van der Waals surface area contributed by atoms with Gasteiger partial charge in [-0.25, -0.2) is 18.7 Å². The number of aliphatic hydroxyl groups is 1. The molecule has 2 heterocycles. The molecule has 20 heteroatoms. The summed E-state index contributed by atoms with van der Waals surface area (Å²) in [5, 5.41) is 10.4. The van der Waals surface area contributed by atoms with Crippen LogP contribution in [0.5, 0.6) is 0 Å². The van der Waals surface area contributed by atoms with E-state index in [4.69, 9.17) is 15.5 Å². The van der Waals surface area contributed by atoms with E-state index in [9.17, 15) is 33.4 Å². The van der Waals surface area contributed by atoms with Crippen molar-refractivity contribution in [1.82, 2.24) is 19.5 Å². The first-order chi connectivity index (χ1) is 14.6. The lowest BCUT2D eigenvalue weighted by Crippen LogP contribution is -2.19. The van der Waals surface area contributed by atoms with Crippen molar-refractivity contribution in [2.75, 3.05) is 12.3 Å². The van der Waals surface area contributed by atoms with E-state index in [-0.39, 0.29) is 29.1 Å². The predicted octanol–water partition coefficient (Wildman–Crippen LogP) is -0.477.